The lowest BCUT2D eigenvalue weighted by Crippen LogP contribution is -2.33. The lowest BCUT2D eigenvalue weighted by Gasteiger charge is -2.28. The predicted octanol–water partition coefficient (Wildman–Crippen LogP) is 1.81. The van der Waals surface area contributed by atoms with Crippen LogP contribution in [-0.2, 0) is 0 Å². The van der Waals surface area contributed by atoms with Crippen LogP contribution in [0, 0.1) is 0 Å². The number of fused-ring (bicyclic) bond motifs is 1. The van der Waals surface area contributed by atoms with Gasteiger partial charge in [0.15, 0.2) is 0 Å². The van der Waals surface area contributed by atoms with Crippen LogP contribution in [0.25, 0.3) is 10.9 Å². The van der Waals surface area contributed by atoms with E-state index in [2.05, 4.69) is 28.7 Å². The molecule has 0 unspecified atom stereocenters. The molecule has 0 saturated carbocycles. The summed E-state index contributed by atoms with van der Waals surface area (Å²) in [6.07, 6.45) is 2.29. The van der Waals surface area contributed by atoms with Crippen LogP contribution < -0.4 is 10.6 Å². The summed E-state index contributed by atoms with van der Waals surface area (Å²) in [6.45, 7) is 5.15. The van der Waals surface area contributed by atoms with E-state index < -0.39 is 0 Å². The number of anilines is 2. The van der Waals surface area contributed by atoms with Gasteiger partial charge in [0.1, 0.15) is 12.1 Å². The number of aliphatic hydroxyl groups is 1. The lowest BCUT2D eigenvalue weighted by molar-refractivity contribution is 0.288. The smallest absolute Gasteiger partial charge is 0.140 e. The van der Waals surface area contributed by atoms with Gasteiger partial charge in [0, 0.05) is 30.3 Å². The summed E-state index contributed by atoms with van der Waals surface area (Å²) < 4.78 is 0. The SMILES string of the molecule is CC(C)N(CCCO)c1ncnc2ccc(N)cc12. The van der Waals surface area contributed by atoms with E-state index in [1.165, 1.54) is 0 Å². The molecule has 102 valence electrons. The Labute approximate surface area is 113 Å². The Morgan fingerprint density at radius 1 is 1.32 bits per heavy atom. The van der Waals surface area contributed by atoms with Crippen LogP contribution in [0.1, 0.15) is 20.3 Å². The van der Waals surface area contributed by atoms with Crippen molar-refractivity contribution in [2.45, 2.75) is 26.3 Å². The number of benzene rings is 1. The molecule has 1 aromatic carbocycles. The van der Waals surface area contributed by atoms with Gasteiger partial charge in [0.2, 0.25) is 0 Å². The molecule has 5 heteroatoms. The molecule has 0 atom stereocenters. The molecular weight excluding hydrogens is 240 g/mol. The molecule has 0 aliphatic carbocycles. The summed E-state index contributed by atoms with van der Waals surface area (Å²) >= 11 is 0. The van der Waals surface area contributed by atoms with Crippen LogP contribution in [0.5, 0.6) is 0 Å². The fraction of sp³-hybridized carbons (Fsp3) is 0.429. The third-order valence-corrected chi connectivity index (χ3v) is 3.09. The van der Waals surface area contributed by atoms with Gasteiger partial charge in [-0.3, -0.25) is 0 Å². The highest BCUT2D eigenvalue weighted by atomic mass is 16.3. The van der Waals surface area contributed by atoms with E-state index >= 15 is 0 Å². The van der Waals surface area contributed by atoms with Gasteiger partial charge in [-0.15, -0.1) is 0 Å². The number of nitrogens with zero attached hydrogens (tertiary/aromatic N) is 3. The molecule has 1 aromatic heterocycles. The minimum absolute atomic E-state index is 0.175. The van der Waals surface area contributed by atoms with Crippen molar-refractivity contribution in [3.63, 3.8) is 0 Å². The zero-order chi connectivity index (χ0) is 13.8. The number of nitrogens with two attached hydrogens (primary N) is 1. The number of rotatable bonds is 5. The molecule has 19 heavy (non-hydrogen) atoms. The largest absolute Gasteiger partial charge is 0.399 e. The first kappa shape index (κ1) is 13.5. The second kappa shape index (κ2) is 5.84. The molecule has 0 aliphatic rings. The Kier molecular flexibility index (Phi) is 4.16. The van der Waals surface area contributed by atoms with Gasteiger partial charge >= 0.3 is 0 Å². The van der Waals surface area contributed by atoms with Gasteiger partial charge in [0.25, 0.3) is 0 Å². The van der Waals surface area contributed by atoms with Gasteiger partial charge in [-0.2, -0.15) is 0 Å². The highest BCUT2D eigenvalue weighted by molar-refractivity contribution is 5.91. The van der Waals surface area contributed by atoms with Gasteiger partial charge in [-0.05, 0) is 38.5 Å². The van der Waals surface area contributed by atoms with E-state index in [1.807, 2.05) is 18.2 Å². The molecule has 3 N–H and O–H groups in total. The number of aliphatic hydroxyl groups excluding tert-OH is 1. The van der Waals surface area contributed by atoms with E-state index in [0.717, 1.165) is 23.3 Å². The topological polar surface area (TPSA) is 75.3 Å². The van der Waals surface area contributed by atoms with Gasteiger partial charge in [-0.25, -0.2) is 9.97 Å². The average molecular weight is 260 g/mol. The fourth-order valence-electron chi connectivity index (χ4n) is 2.14. The molecule has 0 amide bonds. The van der Waals surface area contributed by atoms with Crippen molar-refractivity contribution >= 4 is 22.4 Å². The average Bonchev–Trinajstić information content (AvgIpc) is 2.39. The van der Waals surface area contributed by atoms with Crippen molar-refractivity contribution in [3.8, 4) is 0 Å². The van der Waals surface area contributed by atoms with E-state index in [9.17, 15) is 0 Å². The van der Waals surface area contributed by atoms with E-state index in [1.54, 1.807) is 6.33 Å². The maximum atomic E-state index is 9.02. The number of nitrogen functional groups attached to an aromatic ring is 1. The summed E-state index contributed by atoms with van der Waals surface area (Å²) in [5.74, 6) is 0.876. The third kappa shape index (κ3) is 2.93. The molecule has 0 bridgehead atoms. The van der Waals surface area contributed by atoms with Crippen LogP contribution in [0.2, 0.25) is 0 Å². The molecule has 0 saturated heterocycles. The van der Waals surface area contributed by atoms with Gasteiger partial charge < -0.3 is 15.7 Å². The normalized spacial score (nSPS) is 11.2. The monoisotopic (exact) mass is 260 g/mol. The second-order valence-corrected chi connectivity index (χ2v) is 4.84. The minimum Gasteiger partial charge on any atom is -0.399 e. The van der Waals surface area contributed by atoms with Crippen molar-refractivity contribution < 1.29 is 5.11 Å². The molecule has 5 nitrogen and oxygen atoms in total. The highest BCUT2D eigenvalue weighted by Crippen LogP contribution is 2.26. The van der Waals surface area contributed by atoms with Crippen LogP contribution in [0.4, 0.5) is 11.5 Å². The number of hydrogen-bond donors (Lipinski definition) is 2. The highest BCUT2D eigenvalue weighted by Gasteiger charge is 2.15. The summed E-state index contributed by atoms with van der Waals surface area (Å²) in [7, 11) is 0. The summed E-state index contributed by atoms with van der Waals surface area (Å²) in [5, 5.41) is 9.97. The van der Waals surface area contributed by atoms with E-state index in [0.29, 0.717) is 18.2 Å². The van der Waals surface area contributed by atoms with Crippen molar-refractivity contribution in [1.29, 1.82) is 0 Å². The molecule has 0 fully saturated rings. The van der Waals surface area contributed by atoms with Crippen molar-refractivity contribution in [2.75, 3.05) is 23.8 Å². The second-order valence-electron chi connectivity index (χ2n) is 4.84. The molecule has 0 radical (unpaired) electrons. The molecular formula is C14H20N4O. The first-order chi connectivity index (χ1) is 9.13. The number of aromatic nitrogens is 2. The van der Waals surface area contributed by atoms with Crippen LogP contribution in [0.3, 0.4) is 0 Å². The Hall–Kier alpha value is -1.88. The summed E-state index contributed by atoms with van der Waals surface area (Å²) in [4.78, 5) is 10.8. The maximum Gasteiger partial charge on any atom is 0.140 e. The van der Waals surface area contributed by atoms with Crippen LogP contribution >= 0.6 is 0 Å². The fourth-order valence-corrected chi connectivity index (χ4v) is 2.14. The van der Waals surface area contributed by atoms with Crippen LogP contribution in [0.15, 0.2) is 24.5 Å². The summed E-state index contributed by atoms with van der Waals surface area (Å²) in [5.41, 5.74) is 7.44. The van der Waals surface area contributed by atoms with Crippen molar-refractivity contribution in [1.82, 2.24) is 9.97 Å². The van der Waals surface area contributed by atoms with Crippen molar-refractivity contribution in [3.05, 3.63) is 24.5 Å². The Bertz CT molecular complexity index is 556. The van der Waals surface area contributed by atoms with Gasteiger partial charge in [0.05, 0.1) is 5.52 Å². The van der Waals surface area contributed by atoms with Gasteiger partial charge in [-0.1, -0.05) is 0 Å². The number of hydrogen-bond acceptors (Lipinski definition) is 5. The molecule has 2 rings (SSSR count). The zero-order valence-electron chi connectivity index (χ0n) is 11.4. The quantitative estimate of drug-likeness (QED) is 0.802. The molecule has 1 heterocycles. The Morgan fingerprint density at radius 3 is 2.79 bits per heavy atom. The van der Waals surface area contributed by atoms with E-state index in [-0.39, 0.29) is 6.61 Å². The maximum absolute atomic E-state index is 9.02. The standard InChI is InChI=1S/C14H20N4O/c1-10(2)18(6-3-7-19)14-12-8-11(15)4-5-13(12)16-9-17-14/h4-5,8-10,19H,3,6-7,15H2,1-2H3. The minimum atomic E-state index is 0.175. The van der Waals surface area contributed by atoms with E-state index in [4.69, 9.17) is 10.8 Å². The molecule has 0 spiro atoms. The lowest BCUT2D eigenvalue weighted by atomic mass is 10.2. The molecule has 2 aromatic rings. The zero-order valence-corrected chi connectivity index (χ0v) is 11.4. The van der Waals surface area contributed by atoms with Crippen molar-refractivity contribution in [2.24, 2.45) is 0 Å². The first-order valence-electron chi connectivity index (χ1n) is 6.51. The first-order valence-corrected chi connectivity index (χ1v) is 6.51. The Balaban J connectivity index is 2.49. The predicted molar refractivity (Wildman–Crippen MR) is 78.1 cm³/mol. The third-order valence-electron chi connectivity index (χ3n) is 3.09. The Morgan fingerprint density at radius 2 is 2.11 bits per heavy atom. The molecule has 0 aliphatic heterocycles. The van der Waals surface area contributed by atoms with Crippen LogP contribution in [-0.4, -0.2) is 34.3 Å². The summed E-state index contributed by atoms with van der Waals surface area (Å²) in [6, 6.07) is 5.94.